The number of nitrogens with zero attached hydrogens (tertiary/aromatic N) is 7. The average molecular weight is 375 g/mol. The molecule has 0 saturated carbocycles. The number of aromatic nitrogens is 5. The summed E-state index contributed by atoms with van der Waals surface area (Å²) in [6, 6.07) is 0. The van der Waals surface area contributed by atoms with Gasteiger partial charge in [-0.15, -0.1) is 10.2 Å². The Morgan fingerprint density at radius 2 is 1.89 bits per heavy atom. The summed E-state index contributed by atoms with van der Waals surface area (Å²) >= 11 is 0. The largest absolute Gasteiger partial charge is 0.377 e. The molecule has 0 aromatic carbocycles. The van der Waals surface area contributed by atoms with Gasteiger partial charge >= 0.3 is 0 Å². The number of rotatable bonds is 7. The van der Waals surface area contributed by atoms with Crippen LogP contribution in [0.25, 0.3) is 0 Å². The van der Waals surface area contributed by atoms with E-state index in [0.29, 0.717) is 30.8 Å². The summed E-state index contributed by atoms with van der Waals surface area (Å²) in [7, 11) is 3.73. The Morgan fingerprint density at radius 3 is 2.70 bits per heavy atom. The van der Waals surface area contributed by atoms with Crippen LogP contribution in [-0.2, 0) is 31.5 Å². The normalized spacial score (nSPS) is 21.9. The first-order valence-corrected chi connectivity index (χ1v) is 9.86. The molecule has 27 heavy (non-hydrogen) atoms. The van der Waals surface area contributed by atoms with E-state index in [1.807, 2.05) is 0 Å². The maximum absolute atomic E-state index is 5.34. The second-order valence-corrected chi connectivity index (χ2v) is 7.63. The zero-order valence-electron chi connectivity index (χ0n) is 16.3. The van der Waals surface area contributed by atoms with Crippen LogP contribution in [0.15, 0.2) is 4.52 Å². The fourth-order valence-corrected chi connectivity index (χ4v) is 4.15. The Labute approximate surface area is 159 Å². The van der Waals surface area contributed by atoms with Crippen LogP contribution < -0.4 is 0 Å². The van der Waals surface area contributed by atoms with Gasteiger partial charge in [0.15, 0.2) is 5.82 Å². The molecule has 2 aromatic heterocycles. The molecule has 2 fully saturated rings. The summed E-state index contributed by atoms with van der Waals surface area (Å²) in [5.41, 5.74) is 0. The van der Waals surface area contributed by atoms with E-state index >= 15 is 0 Å². The van der Waals surface area contributed by atoms with E-state index in [9.17, 15) is 0 Å². The first-order valence-electron chi connectivity index (χ1n) is 9.86. The minimum absolute atomic E-state index is 0.380. The van der Waals surface area contributed by atoms with Crippen LogP contribution in [0, 0.1) is 0 Å². The van der Waals surface area contributed by atoms with Gasteiger partial charge in [-0.3, -0.25) is 9.80 Å². The third-order valence-electron chi connectivity index (χ3n) is 5.58. The highest BCUT2D eigenvalue weighted by Crippen LogP contribution is 2.27. The maximum atomic E-state index is 5.34. The van der Waals surface area contributed by atoms with E-state index in [1.54, 1.807) is 7.11 Å². The molecule has 9 heteroatoms. The number of methoxy groups -OCH3 is 1. The molecule has 2 aromatic rings. The molecule has 2 saturated heterocycles. The maximum Gasteiger partial charge on any atom is 0.240 e. The molecule has 2 aliphatic rings. The molecular formula is C18H29N7O2. The third kappa shape index (κ3) is 4.36. The van der Waals surface area contributed by atoms with E-state index in [0.717, 1.165) is 44.1 Å². The van der Waals surface area contributed by atoms with Gasteiger partial charge in [0.05, 0.1) is 13.1 Å². The van der Waals surface area contributed by atoms with Crippen LogP contribution in [0.5, 0.6) is 0 Å². The lowest BCUT2D eigenvalue weighted by molar-refractivity contribution is 0.169. The van der Waals surface area contributed by atoms with Crippen LogP contribution in [0.4, 0.5) is 0 Å². The first-order chi connectivity index (χ1) is 13.2. The SMILES string of the molecule is COCc1noc(CN2CCCC(c3nnc(CN4CCCC4)n3C)C2)n1. The van der Waals surface area contributed by atoms with Crippen molar-refractivity contribution in [3.8, 4) is 0 Å². The predicted octanol–water partition coefficient (Wildman–Crippen LogP) is 1.32. The van der Waals surface area contributed by atoms with Crippen LogP contribution >= 0.6 is 0 Å². The molecule has 4 heterocycles. The van der Waals surface area contributed by atoms with Crippen molar-refractivity contribution in [2.75, 3.05) is 33.3 Å². The van der Waals surface area contributed by atoms with Crippen molar-refractivity contribution in [2.45, 2.75) is 51.3 Å². The molecule has 4 rings (SSSR count). The second kappa shape index (κ2) is 8.45. The molecule has 1 unspecified atom stereocenters. The van der Waals surface area contributed by atoms with E-state index in [1.165, 1.54) is 25.9 Å². The second-order valence-electron chi connectivity index (χ2n) is 7.63. The van der Waals surface area contributed by atoms with Crippen molar-refractivity contribution in [1.29, 1.82) is 0 Å². The highest BCUT2D eigenvalue weighted by atomic mass is 16.5. The van der Waals surface area contributed by atoms with Crippen molar-refractivity contribution < 1.29 is 9.26 Å². The molecule has 2 aliphatic heterocycles. The van der Waals surface area contributed by atoms with Crippen molar-refractivity contribution >= 4 is 0 Å². The van der Waals surface area contributed by atoms with Gasteiger partial charge in [0.1, 0.15) is 18.3 Å². The smallest absolute Gasteiger partial charge is 0.240 e. The molecule has 0 bridgehead atoms. The number of piperidine rings is 1. The first kappa shape index (κ1) is 18.5. The fraction of sp³-hybridized carbons (Fsp3) is 0.778. The van der Waals surface area contributed by atoms with E-state index < -0.39 is 0 Å². The minimum Gasteiger partial charge on any atom is -0.377 e. The molecule has 1 atom stereocenters. The Morgan fingerprint density at radius 1 is 1.07 bits per heavy atom. The van der Waals surface area contributed by atoms with E-state index in [-0.39, 0.29) is 0 Å². The standard InChI is InChI=1S/C18H29N7O2/c1-23-16(11-24-7-3-4-8-24)20-21-18(23)14-6-5-9-25(10-14)12-17-19-15(13-26-2)22-27-17/h14H,3-13H2,1-2H3. The molecule has 0 radical (unpaired) electrons. The van der Waals surface area contributed by atoms with Gasteiger partial charge in [0.25, 0.3) is 0 Å². The number of hydrogen-bond donors (Lipinski definition) is 0. The monoisotopic (exact) mass is 375 g/mol. The quantitative estimate of drug-likeness (QED) is 0.716. The predicted molar refractivity (Wildman–Crippen MR) is 97.8 cm³/mol. The number of likely N-dealkylation sites (tertiary alicyclic amines) is 2. The summed E-state index contributed by atoms with van der Waals surface area (Å²) < 4.78 is 12.6. The molecule has 148 valence electrons. The van der Waals surface area contributed by atoms with E-state index in [4.69, 9.17) is 9.26 Å². The molecule has 9 nitrogen and oxygen atoms in total. The summed E-state index contributed by atoms with van der Waals surface area (Å²) in [6.07, 6.45) is 4.87. The van der Waals surface area contributed by atoms with Crippen molar-refractivity contribution in [3.05, 3.63) is 23.4 Å². The molecule has 0 N–H and O–H groups in total. The van der Waals surface area contributed by atoms with Gasteiger partial charge in [-0.2, -0.15) is 4.98 Å². The summed E-state index contributed by atoms with van der Waals surface area (Å²) in [6.45, 7) is 6.29. The van der Waals surface area contributed by atoms with Crippen molar-refractivity contribution in [3.63, 3.8) is 0 Å². The highest BCUT2D eigenvalue weighted by molar-refractivity contribution is 5.04. The van der Waals surface area contributed by atoms with Crippen LogP contribution in [0.2, 0.25) is 0 Å². The van der Waals surface area contributed by atoms with Crippen molar-refractivity contribution in [2.24, 2.45) is 7.05 Å². The Hall–Kier alpha value is -1.84. The van der Waals surface area contributed by atoms with Crippen molar-refractivity contribution in [1.82, 2.24) is 34.7 Å². The molecule has 0 spiro atoms. The van der Waals surface area contributed by atoms with Gasteiger partial charge in [0.2, 0.25) is 5.89 Å². The fourth-order valence-electron chi connectivity index (χ4n) is 4.15. The van der Waals surface area contributed by atoms with Gasteiger partial charge in [-0.25, -0.2) is 0 Å². The van der Waals surface area contributed by atoms with Crippen LogP contribution in [0.1, 0.15) is 55.0 Å². The van der Waals surface area contributed by atoms with Crippen LogP contribution in [0.3, 0.4) is 0 Å². The third-order valence-corrected chi connectivity index (χ3v) is 5.58. The van der Waals surface area contributed by atoms with Gasteiger partial charge < -0.3 is 13.8 Å². The number of hydrogen-bond acceptors (Lipinski definition) is 8. The average Bonchev–Trinajstić information content (AvgIpc) is 3.40. The lowest BCUT2D eigenvalue weighted by atomic mass is 9.97. The molecule has 0 amide bonds. The number of ether oxygens (including phenoxy) is 1. The summed E-state index contributed by atoms with van der Waals surface area (Å²) in [5.74, 6) is 3.81. The Bertz CT molecular complexity index is 738. The molecular weight excluding hydrogens is 346 g/mol. The lowest BCUT2D eigenvalue weighted by Gasteiger charge is -2.31. The molecule has 0 aliphatic carbocycles. The highest BCUT2D eigenvalue weighted by Gasteiger charge is 2.27. The van der Waals surface area contributed by atoms with Crippen LogP contribution in [-0.4, -0.2) is 68.0 Å². The van der Waals surface area contributed by atoms with Gasteiger partial charge in [-0.1, -0.05) is 5.16 Å². The van der Waals surface area contributed by atoms with Gasteiger partial charge in [0, 0.05) is 26.6 Å². The summed E-state index contributed by atoms with van der Waals surface area (Å²) in [4.78, 5) is 9.22. The van der Waals surface area contributed by atoms with Gasteiger partial charge in [-0.05, 0) is 45.3 Å². The topological polar surface area (TPSA) is 85.3 Å². The lowest BCUT2D eigenvalue weighted by Crippen LogP contribution is -2.35. The zero-order chi connectivity index (χ0) is 18.6. The Kier molecular flexibility index (Phi) is 5.80. The van der Waals surface area contributed by atoms with E-state index in [2.05, 4.69) is 41.8 Å². The Balaban J connectivity index is 1.38. The zero-order valence-corrected chi connectivity index (χ0v) is 16.3. The minimum atomic E-state index is 0.380. The summed E-state index contributed by atoms with van der Waals surface area (Å²) in [5, 5.41) is 13.0.